The van der Waals surface area contributed by atoms with Crippen molar-refractivity contribution in [2.75, 3.05) is 0 Å². The van der Waals surface area contributed by atoms with Crippen LogP contribution in [-0.4, -0.2) is 5.78 Å². The number of Topliss-reactive ketones (excluding diaryl/α,β-unsaturated/α-hetero) is 1. The molecule has 1 nitrogen and oxygen atoms in total. The Labute approximate surface area is 129 Å². The first-order chi connectivity index (χ1) is 10.1. The van der Waals surface area contributed by atoms with E-state index in [9.17, 15) is 4.79 Å². The third-order valence-corrected chi connectivity index (χ3v) is 5.68. The molecular formula is C19H16OS. The van der Waals surface area contributed by atoms with E-state index in [0.717, 1.165) is 21.6 Å². The van der Waals surface area contributed by atoms with Crippen LogP contribution in [0.25, 0.3) is 10.5 Å². The molecule has 2 aliphatic rings. The molecule has 0 unspecified atom stereocenters. The average molecular weight is 292 g/mol. The molecule has 1 heterocycles. The summed E-state index contributed by atoms with van der Waals surface area (Å²) >= 11 is 1.82. The van der Waals surface area contributed by atoms with Crippen molar-refractivity contribution in [1.82, 2.24) is 0 Å². The summed E-state index contributed by atoms with van der Waals surface area (Å²) in [6, 6.07) is 16.6. The highest BCUT2D eigenvalue weighted by Gasteiger charge is 2.38. The Hall–Kier alpha value is -1.80. The first-order valence-corrected chi connectivity index (χ1v) is 8.04. The van der Waals surface area contributed by atoms with E-state index in [4.69, 9.17) is 0 Å². The van der Waals surface area contributed by atoms with Gasteiger partial charge in [0, 0.05) is 21.6 Å². The van der Waals surface area contributed by atoms with E-state index in [1.54, 1.807) is 0 Å². The number of benzene rings is 2. The maximum absolute atomic E-state index is 12.7. The van der Waals surface area contributed by atoms with Gasteiger partial charge in [0.2, 0.25) is 0 Å². The minimum Gasteiger partial charge on any atom is -0.294 e. The Kier molecular flexibility index (Phi) is 2.67. The molecule has 4 rings (SSSR count). The SMILES string of the molecule is CC1(C)SC2=C(C(=O)Cc3ccccc32)c2ccccc21. The number of ketones is 1. The Morgan fingerprint density at radius 2 is 1.62 bits per heavy atom. The lowest BCUT2D eigenvalue weighted by molar-refractivity contribution is -0.113. The van der Waals surface area contributed by atoms with Gasteiger partial charge in [-0.05, 0) is 36.1 Å². The summed E-state index contributed by atoms with van der Waals surface area (Å²) in [6.45, 7) is 4.48. The van der Waals surface area contributed by atoms with E-state index in [-0.39, 0.29) is 10.5 Å². The van der Waals surface area contributed by atoms with Crippen LogP contribution in [0.4, 0.5) is 0 Å². The molecular weight excluding hydrogens is 276 g/mol. The number of hydrogen-bond donors (Lipinski definition) is 0. The fraction of sp³-hybridized carbons (Fsp3) is 0.211. The molecule has 0 fully saturated rings. The fourth-order valence-electron chi connectivity index (χ4n) is 3.33. The topological polar surface area (TPSA) is 17.1 Å². The van der Waals surface area contributed by atoms with Gasteiger partial charge in [-0.3, -0.25) is 4.79 Å². The molecule has 2 heteroatoms. The van der Waals surface area contributed by atoms with Crippen molar-refractivity contribution in [2.24, 2.45) is 0 Å². The molecule has 1 aliphatic heterocycles. The average Bonchev–Trinajstić information content (AvgIpc) is 2.47. The summed E-state index contributed by atoms with van der Waals surface area (Å²) in [5.41, 5.74) is 5.70. The number of allylic oxidation sites excluding steroid dienone is 1. The van der Waals surface area contributed by atoms with Gasteiger partial charge in [-0.2, -0.15) is 0 Å². The van der Waals surface area contributed by atoms with Crippen LogP contribution in [0.1, 0.15) is 36.1 Å². The molecule has 0 saturated carbocycles. The zero-order valence-corrected chi connectivity index (χ0v) is 13.0. The van der Waals surface area contributed by atoms with Gasteiger partial charge in [-0.25, -0.2) is 0 Å². The third kappa shape index (κ3) is 1.82. The van der Waals surface area contributed by atoms with E-state index in [0.29, 0.717) is 6.42 Å². The summed E-state index contributed by atoms with van der Waals surface area (Å²) in [6.07, 6.45) is 0.518. The van der Waals surface area contributed by atoms with Crippen LogP contribution in [0, 0.1) is 0 Å². The molecule has 1 aliphatic carbocycles. The van der Waals surface area contributed by atoms with Crippen molar-refractivity contribution < 1.29 is 4.79 Å². The van der Waals surface area contributed by atoms with Gasteiger partial charge >= 0.3 is 0 Å². The summed E-state index contributed by atoms with van der Waals surface area (Å²) in [4.78, 5) is 13.9. The molecule has 0 radical (unpaired) electrons. The molecule has 21 heavy (non-hydrogen) atoms. The van der Waals surface area contributed by atoms with Gasteiger partial charge in [0.15, 0.2) is 5.78 Å². The molecule has 0 saturated heterocycles. The lowest BCUT2D eigenvalue weighted by atomic mass is 9.83. The second kappa shape index (κ2) is 4.35. The van der Waals surface area contributed by atoms with Crippen LogP contribution in [0.15, 0.2) is 48.5 Å². The van der Waals surface area contributed by atoms with Crippen molar-refractivity contribution in [3.05, 3.63) is 70.8 Å². The Morgan fingerprint density at radius 3 is 2.43 bits per heavy atom. The van der Waals surface area contributed by atoms with Gasteiger partial charge in [0.05, 0.1) is 0 Å². The monoisotopic (exact) mass is 292 g/mol. The molecule has 104 valence electrons. The summed E-state index contributed by atoms with van der Waals surface area (Å²) < 4.78 is -0.0137. The van der Waals surface area contributed by atoms with Crippen molar-refractivity contribution in [2.45, 2.75) is 25.0 Å². The predicted molar refractivity (Wildman–Crippen MR) is 89.0 cm³/mol. The van der Waals surface area contributed by atoms with Gasteiger partial charge in [0.1, 0.15) is 0 Å². The van der Waals surface area contributed by atoms with Gasteiger partial charge < -0.3 is 0 Å². The van der Waals surface area contributed by atoms with E-state index in [1.807, 2.05) is 23.9 Å². The van der Waals surface area contributed by atoms with Crippen molar-refractivity contribution >= 4 is 28.0 Å². The van der Waals surface area contributed by atoms with E-state index in [1.165, 1.54) is 11.1 Å². The first kappa shape index (κ1) is 12.9. The third-order valence-electron chi connectivity index (χ3n) is 4.32. The molecule has 2 aromatic carbocycles. The molecule has 0 spiro atoms. The lowest BCUT2D eigenvalue weighted by Crippen LogP contribution is -2.24. The predicted octanol–water partition coefficient (Wildman–Crippen LogP) is 4.66. The van der Waals surface area contributed by atoms with Crippen LogP contribution >= 0.6 is 11.8 Å². The lowest BCUT2D eigenvalue weighted by Gasteiger charge is -2.37. The maximum atomic E-state index is 12.7. The van der Waals surface area contributed by atoms with Crippen LogP contribution < -0.4 is 0 Å². The number of carbonyl (C=O) groups is 1. The van der Waals surface area contributed by atoms with Crippen LogP contribution in [0.5, 0.6) is 0 Å². The second-order valence-corrected chi connectivity index (χ2v) is 7.75. The van der Waals surface area contributed by atoms with Crippen LogP contribution in [-0.2, 0) is 16.0 Å². The number of thioether (sulfide) groups is 1. The number of hydrogen-bond acceptors (Lipinski definition) is 2. The highest BCUT2D eigenvalue weighted by atomic mass is 32.2. The first-order valence-electron chi connectivity index (χ1n) is 7.22. The van der Waals surface area contributed by atoms with E-state index < -0.39 is 0 Å². The minimum absolute atomic E-state index is 0.0137. The normalized spacial score (nSPS) is 18.9. The standard InChI is InChI=1S/C19H16OS/c1-19(2)15-10-6-5-9-14(15)17-16(20)11-12-7-3-4-8-13(12)18(17)21-19/h3-10H,11H2,1-2H3. The Morgan fingerprint density at radius 1 is 0.952 bits per heavy atom. The van der Waals surface area contributed by atoms with E-state index in [2.05, 4.69) is 50.2 Å². The van der Waals surface area contributed by atoms with Crippen molar-refractivity contribution in [3.8, 4) is 0 Å². The highest BCUT2D eigenvalue weighted by Crippen LogP contribution is 2.55. The molecule has 0 bridgehead atoms. The summed E-state index contributed by atoms with van der Waals surface area (Å²) in [7, 11) is 0. The maximum Gasteiger partial charge on any atom is 0.169 e. The number of carbonyl (C=O) groups excluding carboxylic acids is 1. The number of fused-ring (bicyclic) bond motifs is 4. The Balaban J connectivity index is 2.06. The van der Waals surface area contributed by atoms with Crippen molar-refractivity contribution in [1.29, 1.82) is 0 Å². The summed E-state index contributed by atoms with van der Waals surface area (Å²) in [5, 5.41) is 0. The zero-order chi connectivity index (χ0) is 14.6. The van der Waals surface area contributed by atoms with Gasteiger partial charge in [-0.15, -0.1) is 11.8 Å². The number of rotatable bonds is 0. The fourth-order valence-corrected chi connectivity index (χ4v) is 4.77. The molecule has 2 aromatic rings. The largest absolute Gasteiger partial charge is 0.294 e. The minimum atomic E-state index is -0.0137. The Bertz CT molecular complexity index is 799. The van der Waals surface area contributed by atoms with Crippen LogP contribution in [0.3, 0.4) is 0 Å². The smallest absolute Gasteiger partial charge is 0.169 e. The summed E-state index contributed by atoms with van der Waals surface area (Å²) in [5.74, 6) is 0.249. The van der Waals surface area contributed by atoms with E-state index >= 15 is 0 Å². The molecule has 0 atom stereocenters. The van der Waals surface area contributed by atoms with Crippen LogP contribution in [0.2, 0.25) is 0 Å². The quantitative estimate of drug-likeness (QED) is 0.702. The molecule has 0 amide bonds. The second-order valence-electron chi connectivity index (χ2n) is 6.12. The molecule has 0 N–H and O–H groups in total. The zero-order valence-electron chi connectivity index (χ0n) is 12.1. The van der Waals surface area contributed by atoms with Gasteiger partial charge in [0.25, 0.3) is 0 Å². The van der Waals surface area contributed by atoms with Crippen molar-refractivity contribution in [3.63, 3.8) is 0 Å². The molecule has 0 aromatic heterocycles. The highest BCUT2D eigenvalue weighted by molar-refractivity contribution is 8.09. The van der Waals surface area contributed by atoms with Gasteiger partial charge in [-0.1, -0.05) is 48.5 Å².